The fourth-order valence-corrected chi connectivity index (χ4v) is 3.15. The molecule has 0 bridgehead atoms. The molecule has 1 heterocycles. The van der Waals surface area contributed by atoms with E-state index in [-0.39, 0.29) is 11.7 Å². The van der Waals surface area contributed by atoms with Gasteiger partial charge in [-0.3, -0.25) is 9.69 Å². The van der Waals surface area contributed by atoms with Crippen molar-refractivity contribution < 1.29 is 9.18 Å². The van der Waals surface area contributed by atoms with Crippen molar-refractivity contribution in [2.75, 3.05) is 37.6 Å². The van der Waals surface area contributed by atoms with Crippen LogP contribution >= 0.6 is 0 Å². The van der Waals surface area contributed by atoms with Crippen LogP contribution in [0.4, 0.5) is 10.1 Å². The highest BCUT2D eigenvalue weighted by Gasteiger charge is 2.17. The first-order valence-electron chi connectivity index (χ1n) is 8.86. The smallest absolute Gasteiger partial charge is 0.251 e. The minimum absolute atomic E-state index is 0.0760. The number of rotatable bonds is 6. The Morgan fingerprint density at radius 3 is 2.54 bits per heavy atom. The average molecular weight is 353 g/mol. The molecule has 1 aliphatic heterocycles. The molecule has 4 nitrogen and oxygen atoms in total. The van der Waals surface area contributed by atoms with Gasteiger partial charge < -0.3 is 10.2 Å². The zero-order valence-electron chi connectivity index (χ0n) is 14.8. The molecule has 0 atom stereocenters. The highest BCUT2D eigenvalue weighted by atomic mass is 19.1. The van der Waals surface area contributed by atoms with Crippen LogP contribution in [0.25, 0.3) is 0 Å². The van der Waals surface area contributed by atoms with Crippen LogP contribution in [0.15, 0.2) is 61.2 Å². The van der Waals surface area contributed by atoms with Crippen LogP contribution < -0.4 is 10.2 Å². The number of carbonyl (C=O) groups excluding carboxylic acids is 1. The highest BCUT2D eigenvalue weighted by Crippen LogP contribution is 2.18. The van der Waals surface area contributed by atoms with E-state index < -0.39 is 0 Å². The Labute approximate surface area is 153 Å². The number of hydrogen-bond acceptors (Lipinski definition) is 3. The molecule has 2 aromatic carbocycles. The summed E-state index contributed by atoms with van der Waals surface area (Å²) in [5.74, 6) is -0.280. The first kappa shape index (κ1) is 18.1. The quantitative estimate of drug-likeness (QED) is 0.811. The second kappa shape index (κ2) is 8.63. The minimum Gasteiger partial charge on any atom is -0.369 e. The van der Waals surface area contributed by atoms with E-state index in [2.05, 4.69) is 27.8 Å². The highest BCUT2D eigenvalue weighted by molar-refractivity contribution is 5.94. The number of anilines is 1. The maximum absolute atomic E-state index is 13.1. The van der Waals surface area contributed by atoms with Gasteiger partial charge in [0.15, 0.2) is 0 Å². The normalized spacial score (nSPS) is 14.9. The summed E-state index contributed by atoms with van der Waals surface area (Å²) >= 11 is 0. The molecule has 136 valence electrons. The van der Waals surface area contributed by atoms with E-state index in [0.29, 0.717) is 12.1 Å². The van der Waals surface area contributed by atoms with E-state index in [4.69, 9.17) is 0 Å². The Hall–Kier alpha value is -2.66. The Morgan fingerprint density at radius 1 is 1.12 bits per heavy atom. The van der Waals surface area contributed by atoms with Gasteiger partial charge in [0.1, 0.15) is 5.82 Å². The first-order chi connectivity index (χ1) is 12.7. The number of amides is 1. The van der Waals surface area contributed by atoms with Gasteiger partial charge in [-0.1, -0.05) is 18.2 Å². The van der Waals surface area contributed by atoms with Crippen molar-refractivity contribution in [1.82, 2.24) is 10.2 Å². The lowest BCUT2D eigenvalue weighted by Gasteiger charge is -2.36. The SMILES string of the molecule is C=CCNC(=O)c1cccc(CN2CCN(c3ccc(F)cc3)CC2)c1. The summed E-state index contributed by atoms with van der Waals surface area (Å²) in [6, 6.07) is 14.4. The van der Waals surface area contributed by atoms with Crippen LogP contribution in [0.3, 0.4) is 0 Å². The monoisotopic (exact) mass is 353 g/mol. The molecule has 0 spiro atoms. The Bertz CT molecular complexity index is 752. The number of halogens is 1. The number of piperazine rings is 1. The van der Waals surface area contributed by atoms with Crippen LogP contribution in [0.1, 0.15) is 15.9 Å². The van der Waals surface area contributed by atoms with E-state index in [1.807, 2.05) is 30.3 Å². The summed E-state index contributed by atoms with van der Waals surface area (Å²) in [5, 5.41) is 2.80. The standard InChI is InChI=1S/C21H24FN3O/c1-2-10-23-21(26)18-5-3-4-17(15-18)16-24-11-13-25(14-12-24)20-8-6-19(22)7-9-20/h2-9,15H,1,10-14,16H2,(H,23,26). The van der Waals surface area contributed by atoms with Crippen molar-refractivity contribution in [2.24, 2.45) is 0 Å². The van der Waals surface area contributed by atoms with E-state index in [9.17, 15) is 9.18 Å². The lowest BCUT2D eigenvalue weighted by molar-refractivity contribution is 0.0958. The summed E-state index contributed by atoms with van der Waals surface area (Å²) in [6.45, 7) is 8.58. The fraction of sp³-hybridized carbons (Fsp3) is 0.286. The van der Waals surface area contributed by atoms with Crippen molar-refractivity contribution in [3.05, 3.63) is 78.1 Å². The molecule has 1 aliphatic rings. The van der Waals surface area contributed by atoms with Gasteiger partial charge in [-0.25, -0.2) is 4.39 Å². The lowest BCUT2D eigenvalue weighted by Crippen LogP contribution is -2.46. The summed E-state index contributed by atoms with van der Waals surface area (Å²) < 4.78 is 13.1. The van der Waals surface area contributed by atoms with Crippen molar-refractivity contribution in [2.45, 2.75) is 6.54 Å². The molecule has 2 aromatic rings. The van der Waals surface area contributed by atoms with Gasteiger partial charge in [-0.15, -0.1) is 6.58 Å². The minimum atomic E-state index is -0.204. The van der Waals surface area contributed by atoms with Crippen LogP contribution in [-0.2, 0) is 6.54 Å². The molecule has 1 amide bonds. The molecule has 0 aromatic heterocycles. The van der Waals surface area contributed by atoms with Crippen molar-refractivity contribution >= 4 is 11.6 Å². The topological polar surface area (TPSA) is 35.6 Å². The van der Waals surface area contributed by atoms with Crippen LogP contribution in [0, 0.1) is 5.82 Å². The number of hydrogen-bond donors (Lipinski definition) is 1. The summed E-state index contributed by atoms with van der Waals surface area (Å²) in [5.41, 5.74) is 2.87. The van der Waals surface area contributed by atoms with E-state index >= 15 is 0 Å². The van der Waals surface area contributed by atoms with Crippen molar-refractivity contribution in [3.63, 3.8) is 0 Å². The van der Waals surface area contributed by atoms with Crippen LogP contribution in [0.5, 0.6) is 0 Å². The number of nitrogens with zero attached hydrogens (tertiary/aromatic N) is 2. The number of nitrogens with one attached hydrogen (secondary N) is 1. The second-order valence-electron chi connectivity index (χ2n) is 6.44. The Kier molecular flexibility index (Phi) is 6.02. The van der Waals surface area contributed by atoms with Gasteiger partial charge in [0, 0.05) is 50.5 Å². The third-order valence-corrected chi connectivity index (χ3v) is 4.57. The average Bonchev–Trinajstić information content (AvgIpc) is 2.67. The zero-order valence-corrected chi connectivity index (χ0v) is 14.8. The Balaban J connectivity index is 1.55. The molecule has 0 radical (unpaired) electrons. The van der Waals surface area contributed by atoms with E-state index in [0.717, 1.165) is 44.0 Å². The summed E-state index contributed by atoms with van der Waals surface area (Å²) in [4.78, 5) is 16.7. The maximum atomic E-state index is 13.1. The zero-order chi connectivity index (χ0) is 18.4. The first-order valence-corrected chi connectivity index (χ1v) is 8.86. The van der Waals surface area contributed by atoms with E-state index in [1.54, 1.807) is 6.08 Å². The molecule has 0 saturated carbocycles. The number of benzene rings is 2. The van der Waals surface area contributed by atoms with Gasteiger partial charge >= 0.3 is 0 Å². The van der Waals surface area contributed by atoms with Gasteiger partial charge in [-0.2, -0.15) is 0 Å². The molecule has 1 saturated heterocycles. The maximum Gasteiger partial charge on any atom is 0.251 e. The third-order valence-electron chi connectivity index (χ3n) is 4.57. The molecule has 5 heteroatoms. The molecule has 26 heavy (non-hydrogen) atoms. The Morgan fingerprint density at radius 2 is 1.85 bits per heavy atom. The van der Waals surface area contributed by atoms with Gasteiger partial charge in [0.2, 0.25) is 0 Å². The second-order valence-corrected chi connectivity index (χ2v) is 6.44. The van der Waals surface area contributed by atoms with Crippen molar-refractivity contribution in [3.8, 4) is 0 Å². The van der Waals surface area contributed by atoms with Crippen molar-refractivity contribution in [1.29, 1.82) is 0 Å². The predicted octanol–water partition coefficient (Wildman–Crippen LogP) is 3.06. The molecule has 1 fully saturated rings. The summed E-state index contributed by atoms with van der Waals surface area (Å²) in [6.07, 6.45) is 1.67. The molecular weight excluding hydrogens is 329 g/mol. The lowest BCUT2D eigenvalue weighted by atomic mass is 10.1. The van der Waals surface area contributed by atoms with Gasteiger partial charge in [0.05, 0.1) is 0 Å². The van der Waals surface area contributed by atoms with Crippen LogP contribution in [-0.4, -0.2) is 43.5 Å². The molecule has 3 rings (SSSR count). The summed E-state index contributed by atoms with van der Waals surface area (Å²) in [7, 11) is 0. The fourth-order valence-electron chi connectivity index (χ4n) is 3.15. The third kappa shape index (κ3) is 4.70. The largest absolute Gasteiger partial charge is 0.369 e. The predicted molar refractivity (Wildman–Crippen MR) is 103 cm³/mol. The van der Waals surface area contributed by atoms with E-state index in [1.165, 1.54) is 12.1 Å². The van der Waals surface area contributed by atoms with Gasteiger partial charge in [-0.05, 0) is 42.0 Å². The molecule has 0 aliphatic carbocycles. The molecular formula is C21H24FN3O. The van der Waals surface area contributed by atoms with Gasteiger partial charge in [0.25, 0.3) is 5.91 Å². The number of carbonyl (C=O) groups is 1. The molecule has 1 N–H and O–H groups in total. The molecule has 0 unspecified atom stereocenters. The van der Waals surface area contributed by atoms with Crippen LogP contribution in [0.2, 0.25) is 0 Å².